The Balaban J connectivity index is 1.49. The molecule has 0 spiro atoms. The van der Waals surface area contributed by atoms with Gasteiger partial charge in [-0.1, -0.05) is 6.92 Å². The molecule has 0 bridgehead atoms. The molecule has 15 heteroatoms. The molecule has 0 saturated carbocycles. The molecule has 0 aliphatic carbocycles. The van der Waals surface area contributed by atoms with Gasteiger partial charge in [0.2, 0.25) is 11.8 Å². The minimum atomic E-state index is -4.12. The average molecular weight is 553 g/mol. The summed E-state index contributed by atoms with van der Waals surface area (Å²) < 4.78 is 56.4. The van der Waals surface area contributed by atoms with Crippen LogP contribution in [0.5, 0.6) is 11.6 Å². The van der Waals surface area contributed by atoms with Crippen LogP contribution in [0.4, 0.5) is 10.3 Å². The third-order valence-electron chi connectivity index (χ3n) is 5.79. The van der Waals surface area contributed by atoms with Gasteiger partial charge in [-0.05, 0) is 44.5 Å². The van der Waals surface area contributed by atoms with E-state index < -0.39 is 37.9 Å². The highest BCUT2D eigenvalue weighted by Crippen LogP contribution is 2.46. The summed E-state index contributed by atoms with van der Waals surface area (Å²) in [7, 11) is -2.66. The second-order valence-corrected chi connectivity index (χ2v) is 10.4. The SMILES string of the molecule is CCOC(=O)C(C)NP(=O)(OCC1CC(C)C(n2cnc3c(OC)nc(N)nc32)O1)Oc1ccc(F)cc1. The maximum Gasteiger partial charge on any atom is 0.459 e. The van der Waals surface area contributed by atoms with Crippen LogP contribution in [0.25, 0.3) is 11.2 Å². The van der Waals surface area contributed by atoms with E-state index in [4.69, 9.17) is 29.0 Å². The fraction of sp³-hybridized carbons (Fsp3) is 0.478. The Morgan fingerprint density at radius 3 is 2.76 bits per heavy atom. The summed E-state index contributed by atoms with van der Waals surface area (Å²) in [5, 5.41) is 2.59. The summed E-state index contributed by atoms with van der Waals surface area (Å²) >= 11 is 0. The highest BCUT2D eigenvalue weighted by atomic mass is 31.2. The zero-order valence-corrected chi connectivity index (χ0v) is 22.3. The molecule has 1 saturated heterocycles. The van der Waals surface area contributed by atoms with Crippen molar-refractivity contribution in [3.05, 3.63) is 36.4 Å². The summed E-state index contributed by atoms with van der Waals surface area (Å²) in [4.78, 5) is 24.8. The van der Waals surface area contributed by atoms with Crippen molar-refractivity contribution in [3.8, 4) is 11.6 Å². The molecule has 1 aliphatic rings. The minimum Gasteiger partial charge on any atom is -0.479 e. The molecule has 1 aliphatic heterocycles. The lowest BCUT2D eigenvalue weighted by molar-refractivity contribution is -0.144. The lowest BCUT2D eigenvalue weighted by Crippen LogP contribution is -2.35. The Kier molecular flexibility index (Phi) is 8.46. The normalized spacial score (nSPS) is 21.7. The number of methoxy groups -OCH3 is 1. The average Bonchev–Trinajstić information content (AvgIpc) is 3.46. The number of hydrogen-bond acceptors (Lipinski definition) is 11. The van der Waals surface area contributed by atoms with Gasteiger partial charge in [0.15, 0.2) is 11.2 Å². The van der Waals surface area contributed by atoms with Crippen molar-refractivity contribution >= 4 is 30.8 Å². The van der Waals surface area contributed by atoms with E-state index in [9.17, 15) is 13.8 Å². The molecule has 206 valence electrons. The topological polar surface area (TPSA) is 162 Å². The Labute approximate surface area is 218 Å². The molecule has 3 aromatic rings. The van der Waals surface area contributed by atoms with E-state index in [1.165, 1.54) is 26.2 Å². The first-order valence-corrected chi connectivity index (χ1v) is 13.5. The van der Waals surface area contributed by atoms with Crippen molar-refractivity contribution in [3.63, 3.8) is 0 Å². The van der Waals surface area contributed by atoms with Gasteiger partial charge >= 0.3 is 13.7 Å². The number of carbonyl (C=O) groups is 1. The lowest BCUT2D eigenvalue weighted by atomic mass is 10.1. The second kappa shape index (κ2) is 11.6. The summed E-state index contributed by atoms with van der Waals surface area (Å²) in [6.45, 7) is 5.13. The molecule has 3 N–H and O–H groups in total. The van der Waals surface area contributed by atoms with E-state index in [-0.39, 0.29) is 36.7 Å². The number of halogens is 1. The van der Waals surface area contributed by atoms with Crippen LogP contribution in [-0.4, -0.2) is 58.0 Å². The molecular formula is C23H30FN6O7P. The van der Waals surface area contributed by atoms with Crippen molar-refractivity contribution in [1.29, 1.82) is 0 Å². The van der Waals surface area contributed by atoms with Crippen molar-refractivity contribution in [2.45, 2.75) is 45.6 Å². The number of rotatable bonds is 11. The molecule has 5 atom stereocenters. The van der Waals surface area contributed by atoms with Gasteiger partial charge in [-0.2, -0.15) is 15.1 Å². The second-order valence-electron chi connectivity index (χ2n) is 8.72. The van der Waals surface area contributed by atoms with Crippen molar-refractivity contribution < 1.29 is 37.0 Å². The number of nitrogens with two attached hydrogens (primary N) is 1. The maximum absolute atomic E-state index is 13.6. The number of aromatic nitrogens is 4. The maximum atomic E-state index is 13.6. The molecule has 2 aromatic heterocycles. The van der Waals surface area contributed by atoms with Crippen LogP contribution >= 0.6 is 7.75 Å². The number of nitrogens with one attached hydrogen (secondary N) is 1. The van der Waals surface area contributed by atoms with Gasteiger partial charge in [0.25, 0.3) is 0 Å². The van der Waals surface area contributed by atoms with E-state index >= 15 is 0 Å². The number of carbonyl (C=O) groups excluding carboxylic acids is 1. The fourth-order valence-corrected chi connectivity index (χ4v) is 5.58. The van der Waals surface area contributed by atoms with Crippen LogP contribution in [0, 0.1) is 11.7 Å². The summed E-state index contributed by atoms with van der Waals surface area (Å²) in [6.07, 6.45) is 1.15. The zero-order chi connectivity index (χ0) is 27.4. The predicted octanol–water partition coefficient (Wildman–Crippen LogP) is 3.22. The van der Waals surface area contributed by atoms with Gasteiger partial charge in [0, 0.05) is 5.92 Å². The standard InChI is InChI=1S/C23H30FN6O7P/c1-5-34-22(31)14(3)29-38(32,37-16-8-6-15(24)7-9-16)35-11-17-10-13(2)21(36-17)30-12-26-18-19(30)27-23(25)28-20(18)33-4/h6-9,12-14,17,21H,5,10-11H2,1-4H3,(H,29,32)(H2,25,27,28). The largest absolute Gasteiger partial charge is 0.479 e. The molecule has 0 amide bonds. The molecule has 4 rings (SSSR count). The number of fused-ring (bicyclic) bond motifs is 1. The van der Waals surface area contributed by atoms with Gasteiger partial charge < -0.3 is 24.5 Å². The molecule has 0 radical (unpaired) electrons. The van der Waals surface area contributed by atoms with Crippen LogP contribution in [0.3, 0.4) is 0 Å². The lowest BCUT2D eigenvalue weighted by Gasteiger charge is -2.24. The first-order chi connectivity index (χ1) is 18.1. The summed E-state index contributed by atoms with van der Waals surface area (Å²) in [5.41, 5.74) is 6.71. The fourth-order valence-electron chi connectivity index (χ4n) is 4.06. The van der Waals surface area contributed by atoms with Crippen molar-refractivity contribution in [1.82, 2.24) is 24.6 Å². The van der Waals surface area contributed by atoms with E-state index in [0.29, 0.717) is 17.6 Å². The van der Waals surface area contributed by atoms with Crippen LogP contribution in [0.15, 0.2) is 30.6 Å². The Morgan fingerprint density at radius 2 is 2.08 bits per heavy atom. The van der Waals surface area contributed by atoms with Gasteiger partial charge in [-0.3, -0.25) is 13.9 Å². The smallest absolute Gasteiger partial charge is 0.459 e. The van der Waals surface area contributed by atoms with Gasteiger partial charge in [-0.25, -0.2) is 13.9 Å². The van der Waals surface area contributed by atoms with Crippen molar-refractivity contribution in [2.75, 3.05) is 26.1 Å². The van der Waals surface area contributed by atoms with Crippen molar-refractivity contribution in [2.24, 2.45) is 5.92 Å². The molecule has 1 aromatic carbocycles. The molecule has 3 heterocycles. The molecule has 38 heavy (non-hydrogen) atoms. The summed E-state index contributed by atoms with van der Waals surface area (Å²) in [6, 6.07) is 3.91. The monoisotopic (exact) mass is 552 g/mol. The number of imidazole rings is 1. The number of benzene rings is 1. The Hall–Kier alpha value is -3.32. The minimum absolute atomic E-state index is 0.00741. The Bertz CT molecular complexity index is 1320. The third kappa shape index (κ3) is 6.21. The third-order valence-corrected chi connectivity index (χ3v) is 7.43. The van der Waals surface area contributed by atoms with Gasteiger partial charge in [-0.15, -0.1) is 0 Å². The number of hydrogen-bond donors (Lipinski definition) is 2. The van der Waals surface area contributed by atoms with Crippen LogP contribution in [0.1, 0.15) is 33.4 Å². The highest BCUT2D eigenvalue weighted by molar-refractivity contribution is 7.52. The number of nitrogen functional groups attached to an aromatic ring is 1. The van der Waals surface area contributed by atoms with E-state index in [2.05, 4.69) is 20.0 Å². The summed E-state index contributed by atoms with van der Waals surface area (Å²) in [5.74, 6) is -0.759. The quantitative estimate of drug-likeness (QED) is 0.264. The Morgan fingerprint density at radius 1 is 1.34 bits per heavy atom. The number of esters is 1. The van der Waals surface area contributed by atoms with Crippen LogP contribution in [0.2, 0.25) is 0 Å². The number of nitrogens with zero attached hydrogens (tertiary/aromatic N) is 4. The number of ether oxygens (including phenoxy) is 3. The van der Waals surface area contributed by atoms with Gasteiger partial charge in [0.1, 0.15) is 23.8 Å². The first-order valence-electron chi connectivity index (χ1n) is 12.0. The zero-order valence-electron chi connectivity index (χ0n) is 21.4. The number of anilines is 1. The molecular weight excluding hydrogens is 522 g/mol. The van der Waals surface area contributed by atoms with E-state index in [0.717, 1.165) is 12.1 Å². The molecule has 5 unspecified atom stereocenters. The van der Waals surface area contributed by atoms with Crippen LogP contribution < -0.4 is 20.1 Å². The predicted molar refractivity (Wildman–Crippen MR) is 134 cm³/mol. The van der Waals surface area contributed by atoms with Gasteiger partial charge in [0.05, 0.1) is 32.8 Å². The van der Waals surface area contributed by atoms with E-state index in [1.807, 2.05) is 6.92 Å². The first kappa shape index (κ1) is 27.7. The molecule has 1 fully saturated rings. The van der Waals surface area contributed by atoms with E-state index in [1.54, 1.807) is 17.8 Å². The highest BCUT2D eigenvalue weighted by Gasteiger charge is 2.38. The molecule has 13 nitrogen and oxygen atoms in total. The van der Waals surface area contributed by atoms with Crippen LogP contribution in [-0.2, 0) is 23.4 Å².